The van der Waals surface area contributed by atoms with E-state index in [9.17, 15) is 0 Å². The summed E-state index contributed by atoms with van der Waals surface area (Å²) in [4.78, 5) is 6.77. The highest BCUT2D eigenvalue weighted by atomic mass is 79.9. The fourth-order valence-electron chi connectivity index (χ4n) is 2.22. The minimum atomic E-state index is 0.596. The summed E-state index contributed by atoms with van der Waals surface area (Å²) < 4.78 is 1.03. The van der Waals surface area contributed by atoms with Crippen molar-refractivity contribution in [1.82, 2.24) is 4.98 Å². The lowest BCUT2D eigenvalue weighted by molar-refractivity contribution is 0.307. The van der Waals surface area contributed by atoms with Gasteiger partial charge in [-0.05, 0) is 52.9 Å². The average Bonchev–Trinajstić information content (AvgIpc) is 2.31. The van der Waals surface area contributed by atoms with Gasteiger partial charge < -0.3 is 10.6 Å². The molecule has 1 aromatic heterocycles. The molecule has 0 saturated carbocycles. The molecule has 1 aliphatic rings. The number of nitrogens with zero attached hydrogens (tertiary/aromatic N) is 2. The predicted molar refractivity (Wildman–Crippen MR) is 70.5 cm³/mol. The maximum absolute atomic E-state index is 5.80. The number of anilines is 1. The molecule has 2 heterocycles. The summed E-state index contributed by atoms with van der Waals surface area (Å²) in [6.07, 6.45) is 3.06. The Hall–Kier alpha value is -0.610. The second kappa shape index (κ2) is 5.15. The van der Waals surface area contributed by atoms with Gasteiger partial charge in [0.05, 0.1) is 0 Å². The second-order valence-corrected chi connectivity index (χ2v) is 5.46. The molecule has 88 valence electrons. The predicted octanol–water partition coefficient (Wildman–Crippen LogP) is 2.27. The summed E-state index contributed by atoms with van der Waals surface area (Å²) in [5.74, 6) is 2.39. The number of hydrogen-bond acceptors (Lipinski definition) is 3. The molecule has 2 N–H and O–H groups in total. The van der Waals surface area contributed by atoms with E-state index in [1.807, 2.05) is 12.3 Å². The standard InChI is InChI=1S/C12H18BrN3/c1-9-4-5-16(8-10(9)6-14)12-3-2-11(13)7-15-12/h2-3,7,9-10H,4-6,8,14H2,1H3. The molecule has 0 bridgehead atoms. The van der Waals surface area contributed by atoms with Crippen molar-refractivity contribution >= 4 is 21.7 Å². The van der Waals surface area contributed by atoms with E-state index in [0.717, 1.165) is 35.8 Å². The molecule has 16 heavy (non-hydrogen) atoms. The topological polar surface area (TPSA) is 42.2 Å². The zero-order valence-electron chi connectivity index (χ0n) is 9.56. The van der Waals surface area contributed by atoms with Crippen molar-refractivity contribution in [1.29, 1.82) is 0 Å². The van der Waals surface area contributed by atoms with Crippen molar-refractivity contribution < 1.29 is 0 Å². The number of pyridine rings is 1. The van der Waals surface area contributed by atoms with E-state index in [-0.39, 0.29) is 0 Å². The van der Waals surface area contributed by atoms with Crippen LogP contribution in [0.3, 0.4) is 0 Å². The molecule has 0 aliphatic carbocycles. The lowest BCUT2D eigenvalue weighted by Crippen LogP contribution is -2.43. The lowest BCUT2D eigenvalue weighted by Gasteiger charge is -2.37. The van der Waals surface area contributed by atoms with Crippen LogP contribution in [0.5, 0.6) is 0 Å². The third kappa shape index (κ3) is 2.55. The third-order valence-corrected chi connectivity index (χ3v) is 3.92. The van der Waals surface area contributed by atoms with Gasteiger partial charge in [0.1, 0.15) is 5.82 Å². The van der Waals surface area contributed by atoms with E-state index in [2.05, 4.69) is 38.8 Å². The SMILES string of the molecule is CC1CCN(c2ccc(Br)cn2)CC1CN. The van der Waals surface area contributed by atoms with Crippen molar-refractivity contribution in [3.05, 3.63) is 22.8 Å². The molecule has 1 saturated heterocycles. The molecule has 0 amide bonds. The number of aromatic nitrogens is 1. The summed E-state index contributed by atoms with van der Waals surface area (Å²) in [7, 11) is 0. The number of rotatable bonds is 2. The lowest BCUT2D eigenvalue weighted by atomic mass is 9.87. The van der Waals surface area contributed by atoms with Crippen LogP contribution < -0.4 is 10.6 Å². The van der Waals surface area contributed by atoms with Gasteiger partial charge in [0.25, 0.3) is 0 Å². The van der Waals surface area contributed by atoms with Crippen LogP contribution in [0.4, 0.5) is 5.82 Å². The number of nitrogens with two attached hydrogens (primary N) is 1. The fraction of sp³-hybridized carbons (Fsp3) is 0.583. The number of halogens is 1. The zero-order valence-corrected chi connectivity index (χ0v) is 11.2. The zero-order chi connectivity index (χ0) is 11.5. The van der Waals surface area contributed by atoms with E-state index in [1.165, 1.54) is 6.42 Å². The molecule has 0 aromatic carbocycles. The molecule has 2 rings (SSSR count). The van der Waals surface area contributed by atoms with Gasteiger partial charge in [-0.3, -0.25) is 0 Å². The Morgan fingerprint density at radius 1 is 1.56 bits per heavy atom. The minimum Gasteiger partial charge on any atom is -0.356 e. The van der Waals surface area contributed by atoms with Gasteiger partial charge >= 0.3 is 0 Å². The Labute approximate surface area is 105 Å². The summed E-state index contributed by atoms with van der Waals surface area (Å²) in [5, 5.41) is 0. The van der Waals surface area contributed by atoms with E-state index in [1.54, 1.807) is 0 Å². The normalized spacial score (nSPS) is 25.8. The highest BCUT2D eigenvalue weighted by Gasteiger charge is 2.25. The highest BCUT2D eigenvalue weighted by Crippen LogP contribution is 2.26. The van der Waals surface area contributed by atoms with Crippen LogP contribution in [-0.2, 0) is 0 Å². The van der Waals surface area contributed by atoms with E-state index in [0.29, 0.717) is 5.92 Å². The number of piperidine rings is 1. The van der Waals surface area contributed by atoms with Crippen molar-refractivity contribution in [3.8, 4) is 0 Å². The molecule has 4 heteroatoms. The molecule has 2 atom stereocenters. The van der Waals surface area contributed by atoms with Crippen molar-refractivity contribution in [3.63, 3.8) is 0 Å². The molecule has 1 fully saturated rings. The monoisotopic (exact) mass is 283 g/mol. The van der Waals surface area contributed by atoms with Crippen LogP contribution in [0.1, 0.15) is 13.3 Å². The van der Waals surface area contributed by atoms with E-state index >= 15 is 0 Å². The second-order valence-electron chi connectivity index (χ2n) is 4.54. The van der Waals surface area contributed by atoms with Crippen LogP contribution in [0.15, 0.2) is 22.8 Å². The quantitative estimate of drug-likeness (QED) is 0.906. The Morgan fingerprint density at radius 2 is 2.38 bits per heavy atom. The summed E-state index contributed by atoms with van der Waals surface area (Å²) in [5.41, 5.74) is 5.80. The highest BCUT2D eigenvalue weighted by molar-refractivity contribution is 9.10. The van der Waals surface area contributed by atoms with Gasteiger partial charge in [-0.1, -0.05) is 6.92 Å². The fourth-order valence-corrected chi connectivity index (χ4v) is 2.45. The molecule has 1 aliphatic heterocycles. The van der Waals surface area contributed by atoms with E-state index < -0.39 is 0 Å². The molecule has 0 spiro atoms. The van der Waals surface area contributed by atoms with Crippen molar-refractivity contribution in [2.24, 2.45) is 17.6 Å². The van der Waals surface area contributed by atoms with Gasteiger partial charge in [0.2, 0.25) is 0 Å². The van der Waals surface area contributed by atoms with Gasteiger partial charge in [0, 0.05) is 23.8 Å². The summed E-state index contributed by atoms with van der Waals surface area (Å²) >= 11 is 3.40. The first-order valence-corrected chi connectivity index (χ1v) is 6.56. The van der Waals surface area contributed by atoms with Crippen molar-refractivity contribution in [2.75, 3.05) is 24.5 Å². The number of hydrogen-bond donors (Lipinski definition) is 1. The smallest absolute Gasteiger partial charge is 0.128 e. The summed E-state index contributed by atoms with van der Waals surface area (Å²) in [6.45, 7) is 5.19. The van der Waals surface area contributed by atoms with Gasteiger partial charge in [-0.25, -0.2) is 4.98 Å². The van der Waals surface area contributed by atoms with Crippen LogP contribution in [0.25, 0.3) is 0 Å². The molecule has 0 radical (unpaired) electrons. The Bertz CT molecular complexity index is 339. The first kappa shape index (κ1) is 11.9. The minimum absolute atomic E-state index is 0.596. The largest absolute Gasteiger partial charge is 0.356 e. The molecular weight excluding hydrogens is 266 g/mol. The van der Waals surface area contributed by atoms with Gasteiger partial charge in [-0.15, -0.1) is 0 Å². The van der Waals surface area contributed by atoms with Crippen LogP contribution >= 0.6 is 15.9 Å². The van der Waals surface area contributed by atoms with Gasteiger partial charge in [-0.2, -0.15) is 0 Å². The maximum atomic E-state index is 5.80. The van der Waals surface area contributed by atoms with Gasteiger partial charge in [0.15, 0.2) is 0 Å². The van der Waals surface area contributed by atoms with Crippen LogP contribution in [0.2, 0.25) is 0 Å². The third-order valence-electron chi connectivity index (χ3n) is 3.45. The summed E-state index contributed by atoms with van der Waals surface area (Å²) in [6, 6.07) is 4.10. The molecule has 3 nitrogen and oxygen atoms in total. The van der Waals surface area contributed by atoms with Crippen LogP contribution in [0, 0.1) is 11.8 Å². The Kier molecular flexibility index (Phi) is 3.82. The maximum Gasteiger partial charge on any atom is 0.128 e. The Morgan fingerprint density at radius 3 is 3.00 bits per heavy atom. The Balaban J connectivity index is 2.08. The first-order chi connectivity index (χ1) is 7.70. The average molecular weight is 284 g/mol. The molecular formula is C12H18BrN3. The van der Waals surface area contributed by atoms with Crippen molar-refractivity contribution in [2.45, 2.75) is 13.3 Å². The van der Waals surface area contributed by atoms with E-state index in [4.69, 9.17) is 5.73 Å². The first-order valence-electron chi connectivity index (χ1n) is 5.77. The van der Waals surface area contributed by atoms with Crippen LogP contribution in [-0.4, -0.2) is 24.6 Å². The molecule has 1 aromatic rings. The molecule has 2 unspecified atom stereocenters.